The quantitative estimate of drug-likeness (QED) is 0.648. The van der Waals surface area contributed by atoms with Crippen LogP contribution in [0, 0.1) is 6.92 Å². The molecule has 0 aliphatic heterocycles. The van der Waals surface area contributed by atoms with Crippen LogP contribution in [0.25, 0.3) is 11.3 Å². The number of nitrogens with two attached hydrogens (primary N) is 1. The predicted molar refractivity (Wildman–Crippen MR) is 104 cm³/mol. The van der Waals surface area contributed by atoms with Gasteiger partial charge in [0.05, 0.1) is 17.0 Å². The second kappa shape index (κ2) is 7.80. The molecule has 0 spiro atoms. The molecule has 1 heterocycles. The van der Waals surface area contributed by atoms with E-state index in [1.54, 1.807) is 25.1 Å². The van der Waals surface area contributed by atoms with Crippen molar-refractivity contribution in [2.45, 2.75) is 18.9 Å². The van der Waals surface area contributed by atoms with Gasteiger partial charge in [-0.25, -0.2) is 23.5 Å². The number of sulfonamides is 1. The maximum Gasteiger partial charge on any atom is 0.416 e. The lowest BCUT2D eigenvalue weighted by Crippen LogP contribution is -2.15. The van der Waals surface area contributed by atoms with Crippen LogP contribution in [0.5, 0.6) is 0 Å². The molecule has 0 saturated carbocycles. The molecular formula is C19H17F3N4O2S. The Kier molecular flexibility index (Phi) is 5.58. The molecule has 152 valence electrons. The summed E-state index contributed by atoms with van der Waals surface area (Å²) in [6, 6.07) is 11.4. The van der Waals surface area contributed by atoms with Crippen molar-refractivity contribution in [1.29, 1.82) is 0 Å². The van der Waals surface area contributed by atoms with E-state index in [0.717, 1.165) is 17.7 Å². The highest BCUT2D eigenvalue weighted by atomic mass is 32.2. The Hall–Kier alpha value is -2.98. The van der Waals surface area contributed by atoms with Crippen molar-refractivity contribution in [3.63, 3.8) is 0 Å². The van der Waals surface area contributed by atoms with E-state index < -0.39 is 21.8 Å². The number of alkyl halides is 3. The summed E-state index contributed by atoms with van der Waals surface area (Å²) in [7, 11) is -3.69. The standard InChI is InChI=1S/C19H17F3N4O2S/c1-12-5-6-16(8-14(12)10-29(23,27)28)26-18-9-17(24-11-25-18)13-3-2-4-15(7-13)19(20,21)22/h2-9,11H,10H2,1H3,(H2,23,27,28)(H,24,25,26). The Labute approximate surface area is 165 Å². The van der Waals surface area contributed by atoms with Gasteiger partial charge in [-0.3, -0.25) is 0 Å². The van der Waals surface area contributed by atoms with Crippen molar-refractivity contribution in [1.82, 2.24) is 9.97 Å². The van der Waals surface area contributed by atoms with Gasteiger partial charge in [0, 0.05) is 17.3 Å². The normalized spacial score (nSPS) is 12.0. The van der Waals surface area contributed by atoms with Crippen LogP contribution in [0.1, 0.15) is 16.7 Å². The highest BCUT2D eigenvalue weighted by Crippen LogP contribution is 2.32. The SMILES string of the molecule is Cc1ccc(Nc2cc(-c3cccc(C(F)(F)F)c3)ncn2)cc1CS(N)(=O)=O. The molecule has 0 radical (unpaired) electrons. The van der Waals surface area contributed by atoms with Crippen molar-refractivity contribution in [3.05, 3.63) is 71.5 Å². The zero-order valence-corrected chi connectivity index (χ0v) is 16.1. The first-order valence-corrected chi connectivity index (χ1v) is 10.1. The molecule has 3 aromatic rings. The van der Waals surface area contributed by atoms with Crippen molar-refractivity contribution in [2.24, 2.45) is 5.14 Å². The fourth-order valence-corrected chi connectivity index (χ4v) is 3.45. The zero-order valence-electron chi connectivity index (χ0n) is 15.2. The van der Waals surface area contributed by atoms with E-state index in [0.29, 0.717) is 28.3 Å². The number of rotatable bonds is 5. The maximum atomic E-state index is 12.9. The predicted octanol–water partition coefficient (Wildman–Crippen LogP) is 4.00. The van der Waals surface area contributed by atoms with Crippen molar-refractivity contribution in [2.75, 3.05) is 5.32 Å². The molecule has 0 unspecified atom stereocenters. The monoisotopic (exact) mass is 422 g/mol. The Morgan fingerprint density at radius 3 is 2.52 bits per heavy atom. The Balaban J connectivity index is 1.89. The number of anilines is 2. The Bertz CT molecular complexity index is 1150. The summed E-state index contributed by atoms with van der Waals surface area (Å²) in [6.45, 7) is 1.76. The van der Waals surface area contributed by atoms with Gasteiger partial charge < -0.3 is 5.32 Å². The van der Waals surface area contributed by atoms with Gasteiger partial charge in [-0.1, -0.05) is 18.2 Å². The molecule has 6 nitrogen and oxygen atoms in total. The number of primary sulfonamides is 1. The average Bonchev–Trinajstić information content (AvgIpc) is 2.63. The Morgan fingerprint density at radius 1 is 1.07 bits per heavy atom. The minimum absolute atomic E-state index is 0.295. The van der Waals surface area contributed by atoms with Gasteiger partial charge in [-0.2, -0.15) is 13.2 Å². The smallest absolute Gasteiger partial charge is 0.340 e. The third-order valence-corrected chi connectivity index (χ3v) is 4.84. The third-order valence-electron chi connectivity index (χ3n) is 4.13. The molecular weight excluding hydrogens is 405 g/mol. The second-order valence-electron chi connectivity index (χ2n) is 6.44. The largest absolute Gasteiger partial charge is 0.416 e. The van der Waals surface area contributed by atoms with E-state index in [9.17, 15) is 21.6 Å². The minimum atomic E-state index is -4.45. The fourth-order valence-electron chi connectivity index (χ4n) is 2.71. The Morgan fingerprint density at radius 2 is 1.83 bits per heavy atom. The van der Waals surface area contributed by atoms with E-state index in [4.69, 9.17) is 5.14 Å². The molecule has 1 aromatic heterocycles. The highest BCUT2D eigenvalue weighted by molar-refractivity contribution is 7.88. The van der Waals surface area contributed by atoms with Crippen molar-refractivity contribution in [3.8, 4) is 11.3 Å². The fraction of sp³-hybridized carbons (Fsp3) is 0.158. The molecule has 0 atom stereocenters. The molecule has 0 fully saturated rings. The molecule has 0 bridgehead atoms. The van der Waals surface area contributed by atoms with E-state index in [-0.39, 0.29) is 5.75 Å². The van der Waals surface area contributed by atoms with Crippen LogP contribution >= 0.6 is 0 Å². The topological polar surface area (TPSA) is 98.0 Å². The van der Waals surface area contributed by atoms with Gasteiger partial charge in [0.2, 0.25) is 10.0 Å². The first-order valence-electron chi connectivity index (χ1n) is 8.38. The molecule has 3 rings (SSSR count). The van der Waals surface area contributed by atoms with E-state index in [1.165, 1.54) is 24.5 Å². The molecule has 2 aromatic carbocycles. The zero-order chi connectivity index (χ0) is 21.2. The summed E-state index contributed by atoms with van der Waals surface area (Å²) in [4.78, 5) is 8.11. The molecule has 0 amide bonds. The van der Waals surface area contributed by atoms with E-state index >= 15 is 0 Å². The van der Waals surface area contributed by atoms with Crippen molar-refractivity contribution >= 4 is 21.5 Å². The number of nitrogens with zero attached hydrogens (tertiary/aromatic N) is 2. The molecule has 0 saturated heterocycles. The number of aryl methyl sites for hydroxylation is 1. The van der Waals surface area contributed by atoms with Crippen LogP contribution in [0.4, 0.5) is 24.7 Å². The average molecular weight is 422 g/mol. The summed E-state index contributed by atoms with van der Waals surface area (Å²) >= 11 is 0. The molecule has 29 heavy (non-hydrogen) atoms. The van der Waals surface area contributed by atoms with Gasteiger partial charge in [0.15, 0.2) is 0 Å². The van der Waals surface area contributed by atoms with Crippen LogP contribution in [-0.2, 0) is 22.0 Å². The highest BCUT2D eigenvalue weighted by Gasteiger charge is 2.30. The van der Waals surface area contributed by atoms with E-state index in [1.807, 2.05) is 0 Å². The van der Waals surface area contributed by atoms with Crippen LogP contribution in [0.2, 0.25) is 0 Å². The molecule has 10 heteroatoms. The summed E-state index contributed by atoms with van der Waals surface area (Å²) < 4.78 is 61.6. The molecule has 3 N–H and O–H groups in total. The van der Waals surface area contributed by atoms with Gasteiger partial charge >= 0.3 is 6.18 Å². The van der Waals surface area contributed by atoms with Crippen LogP contribution in [0.15, 0.2) is 54.9 Å². The minimum Gasteiger partial charge on any atom is -0.340 e. The second-order valence-corrected chi connectivity index (χ2v) is 8.05. The third kappa shape index (κ3) is 5.52. The summed E-state index contributed by atoms with van der Waals surface area (Å²) in [5, 5.41) is 8.12. The lowest BCUT2D eigenvalue weighted by molar-refractivity contribution is -0.137. The number of nitrogens with one attached hydrogen (secondary N) is 1. The van der Waals surface area contributed by atoms with Crippen LogP contribution < -0.4 is 10.5 Å². The molecule has 0 aliphatic rings. The van der Waals surface area contributed by atoms with E-state index in [2.05, 4.69) is 15.3 Å². The lowest BCUT2D eigenvalue weighted by Gasteiger charge is -2.11. The van der Waals surface area contributed by atoms with Crippen molar-refractivity contribution < 1.29 is 21.6 Å². The number of aromatic nitrogens is 2. The van der Waals surface area contributed by atoms with Gasteiger partial charge in [0.25, 0.3) is 0 Å². The van der Waals surface area contributed by atoms with Crippen LogP contribution in [0.3, 0.4) is 0 Å². The lowest BCUT2D eigenvalue weighted by atomic mass is 10.1. The van der Waals surface area contributed by atoms with Gasteiger partial charge in [0.1, 0.15) is 12.1 Å². The number of halogens is 3. The molecule has 0 aliphatic carbocycles. The summed E-state index contributed by atoms with van der Waals surface area (Å²) in [5.74, 6) is 0.0333. The first-order chi connectivity index (χ1) is 13.5. The maximum absolute atomic E-state index is 12.9. The summed E-state index contributed by atoms with van der Waals surface area (Å²) in [6.07, 6.45) is -3.22. The summed E-state index contributed by atoms with van der Waals surface area (Å²) in [5.41, 5.74) is 1.69. The van der Waals surface area contributed by atoms with Gasteiger partial charge in [-0.05, 0) is 42.3 Å². The van der Waals surface area contributed by atoms with Crippen LogP contribution in [-0.4, -0.2) is 18.4 Å². The number of benzene rings is 2. The van der Waals surface area contributed by atoms with Gasteiger partial charge in [-0.15, -0.1) is 0 Å². The number of hydrogen-bond donors (Lipinski definition) is 2. The number of hydrogen-bond acceptors (Lipinski definition) is 5. The first kappa shape index (κ1) is 20.7.